The Morgan fingerprint density at radius 3 is 2.62 bits per heavy atom. The number of aromatic hydroxyl groups is 1. The minimum Gasteiger partial charge on any atom is -0.507 e. The second kappa shape index (κ2) is 9.54. The van der Waals surface area contributed by atoms with E-state index in [2.05, 4.69) is 15.2 Å². The third kappa shape index (κ3) is 5.45. The summed E-state index contributed by atoms with van der Waals surface area (Å²) in [7, 11) is -2.64. The molecular formula is C20H17ClN4O6S. The number of phenolic OH excluding ortho intramolecular Hbond substituents is 1. The van der Waals surface area contributed by atoms with E-state index in [4.69, 9.17) is 16.3 Å². The number of nitrogens with one attached hydrogen (secondary N) is 2. The Morgan fingerprint density at radius 1 is 1.16 bits per heavy atom. The van der Waals surface area contributed by atoms with Gasteiger partial charge in [0.2, 0.25) is 0 Å². The van der Waals surface area contributed by atoms with Crippen LogP contribution in [0.4, 0.5) is 17.1 Å². The topological polar surface area (TPSA) is 143 Å². The molecule has 12 heteroatoms. The summed E-state index contributed by atoms with van der Waals surface area (Å²) in [6.07, 6.45) is 1.24. The number of ether oxygens (including phenoxy) is 1. The standard InChI is InChI=1S/C20H17ClN4O6S/c1-31-16-5-8-20(26)13(9-16)12-22-23-18-7-6-17(11-19(18)25(27)28)32(29,30)24-15-4-2-3-14(21)10-15/h2-12,23-24,26H,1H3. The van der Waals surface area contributed by atoms with Crippen LogP contribution < -0.4 is 14.9 Å². The van der Waals surface area contributed by atoms with Gasteiger partial charge < -0.3 is 9.84 Å². The number of hydrazone groups is 1. The van der Waals surface area contributed by atoms with Crippen LogP contribution in [0.15, 0.2) is 70.7 Å². The van der Waals surface area contributed by atoms with Crippen LogP contribution in [0.2, 0.25) is 5.02 Å². The highest BCUT2D eigenvalue weighted by molar-refractivity contribution is 7.92. The Balaban J connectivity index is 1.85. The molecule has 0 amide bonds. The molecule has 0 radical (unpaired) electrons. The van der Waals surface area contributed by atoms with E-state index in [0.717, 1.165) is 6.07 Å². The summed E-state index contributed by atoms with van der Waals surface area (Å²) in [4.78, 5) is 10.4. The van der Waals surface area contributed by atoms with Gasteiger partial charge in [-0.2, -0.15) is 5.10 Å². The maximum atomic E-state index is 12.6. The van der Waals surface area contributed by atoms with Crippen molar-refractivity contribution in [3.63, 3.8) is 0 Å². The maximum absolute atomic E-state index is 12.6. The highest BCUT2D eigenvalue weighted by Crippen LogP contribution is 2.29. The molecule has 0 fully saturated rings. The van der Waals surface area contributed by atoms with Crippen molar-refractivity contribution >= 4 is 44.9 Å². The zero-order valence-electron chi connectivity index (χ0n) is 16.5. The summed E-state index contributed by atoms with van der Waals surface area (Å²) in [5, 5.41) is 25.6. The summed E-state index contributed by atoms with van der Waals surface area (Å²) >= 11 is 5.86. The second-order valence-electron chi connectivity index (χ2n) is 6.35. The molecule has 0 aliphatic rings. The molecule has 0 unspecified atom stereocenters. The summed E-state index contributed by atoms with van der Waals surface area (Å²) in [5.41, 5.74) is 2.46. The van der Waals surface area contributed by atoms with Crippen LogP contribution in [-0.4, -0.2) is 31.8 Å². The van der Waals surface area contributed by atoms with Crippen LogP contribution in [0.1, 0.15) is 5.56 Å². The van der Waals surface area contributed by atoms with Crippen molar-refractivity contribution in [1.29, 1.82) is 0 Å². The zero-order chi connectivity index (χ0) is 23.3. The molecule has 0 saturated carbocycles. The summed E-state index contributed by atoms with van der Waals surface area (Å²) < 4.78 is 32.6. The maximum Gasteiger partial charge on any atom is 0.295 e. The van der Waals surface area contributed by atoms with Gasteiger partial charge in [-0.05, 0) is 48.5 Å². The summed E-state index contributed by atoms with van der Waals surface area (Å²) in [6, 6.07) is 13.9. The molecule has 3 rings (SSSR count). The van der Waals surface area contributed by atoms with Crippen LogP contribution in [0.5, 0.6) is 11.5 Å². The summed E-state index contributed by atoms with van der Waals surface area (Å²) in [5.74, 6) is 0.413. The first kappa shape index (κ1) is 22.8. The number of phenols is 1. The monoisotopic (exact) mass is 476 g/mol. The number of hydrogen-bond donors (Lipinski definition) is 3. The molecule has 3 N–H and O–H groups in total. The van der Waals surface area contributed by atoms with Crippen molar-refractivity contribution in [3.8, 4) is 11.5 Å². The fourth-order valence-electron chi connectivity index (χ4n) is 2.62. The third-order valence-corrected chi connectivity index (χ3v) is 5.79. The normalized spacial score (nSPS) is 11.3. The molecule has 0 aliphatic heterocycles. The van der Waals surface area contributed by atoms with Crippen molar-refractivity contribution in [1.82, 2.24) is 0 Å². The van der Waals surface area contributed by atoms with Crippen LogP contribution in [0.25, 0.3) is 0 Å². The van der Waals surface area contributed by atoms with Crippen molar-refractivity contribution in [3.05, 3.63) is 81.4 Å². The van der Waals surface area contributed by atoms with E-state index in [1.807, 2.05) is 0 Å². The predicted molar refractivity (Wildman–Crippen MR) is 121 cm³/mol. The molecule has 0 aliphatic carbocycles. The quantitative estimate of drug-likeness (QED) is 0.251. The van der Waals surface area contributed by atoms with Gasteiger partial charge in [-0.15, -0.1) is 0 Å². The molecule has 32 heavy (non-hydrogen) atoms. The van der Waals surface area contributed by atoms with E-state index in [9.17, 15) is 23.6 Å². The number of benzene rings is 3. The van der Waals surface area contributed by atoms with Gasteiger partial charge >= 0.3 is 0 Å². The van der Waals surface area contributed by atoms with Gasteiger partial charge in [-0.1, -0.05) is 17.7 Å². The Morgan fingerprint density at radius 2 is 1.94 bits per heavy atom. The number of rotatable bonds is 8. The lowest BCUT2D eigenvalue weighted by molar-refractivity contribution is -0.384. The van der Waals surface area contributed by atoms with Crippen LogP contribution in [0, 0.1) is 10.1 Å². The molecule has 0 atom stereocenters. The third-order valence-electron chi connectivity index (χ3n) is 4.18. The number of anilines is 2. The zero-order valence-corrected chi connectivity index (χ0v) is 18.1. The van der Waals surface area contributed by atoms with Crippen molar-refractivity contribution < 1.29 is 23.2 Å². The first-order chi connectivity index (χ1) is 15.2. The van der Waals surface area contributed by atoms with Gasteiger partial charge in [-0.3, -0.25) is 20.3 Å². The summed E-state index contributed by atoms with van der Waals surface area (Å²) in [6.45, 7) is 0. The van der Waals surface area contributed by atoms with Crippen molar-refractivity contribution in [2.45, 2.75) is 4.90 Å². The van der Waals surface area contributed by atoms with Crippen molar-refractivity contribution in [2.75, 3.05) is 17.3 Å². The first-order valence-corrected chi connectivity index (χ1v) is 10.8. The molecule has 10 nitrogen and oxygen atoms in total. The Labute approximate surface area is 188 Å². The smallest absolute Gasteiger partial charge is 0.295 e. The largest absolute Gasteiger partial charge is 0.507 e. The SMILES string of the molecule is COc1ccc(O)c(C=NNc2ccc(S(=O)(=O)Nc3cccc(Cl)c3)cc2[N+](=O)[O-])c1. The Bertz CT molecular complexity index is 1300. The fourth-order valence-corrected chi connectivity index (χ4v) is 3.88. The molecule has 0 heterocycles. The lowest BCUT2D eigenvalue weighted by atomic mass is 10.2. The molecule has 0 spiro atoms. The minimum atomic E-state index is -4.11. The lowest BCUT2D eigenvalue weighted by Crippen LogP contribution is -2.13. The van der Waals surface area contributed by atoms with Crippen molar-refractivity contribution in [2.24, 2.45) is 5.10 Å². The minimum absolute atomic E-state index is 0.0460. The van der Waals surface area contributed by atoms with Gasteiger partial charge in [0.15, 0.2) is 0 Å². The van der Waals surface area contributed by atoms with E-state index < -0.39 is 20.6 Å². The van der Waals surface area contributed by atoms with Crippen LogP contribution in [-0.2, 0) is 10.0 Å². The van der Waals surface area contributed by atoms with Crippen LogP contribution >= 0.6 is 11.6 Å². The van der Waals surface area contributed by atoms with Gasteiger partial charge in [0, 0.05) is 16.7 Å². The van der Waals surface area contributed by atoms with E-state index in [-0.39, 0.29) is 22.0 Å². The highest BCUT2D eigenvalue weighted by atomic mass is 35.5. The Hall–Kier alpha value is -3.83. The van der Waals surface area contributed by atoms with E-state index >= 15 is 0 Å². The average molecular weight is 477 g/mol. The van der Waals surface area contributed by atoms with E-state index in [1.54, 1.807) is 18.2 Å². The average Bonchev–Trinajstić information content (AvgIpc) is 2.74. The number of halogens is 1. The van der Waals surface area contributed by atoms with Gasteiger partial charge in [0.1, 0.15) is 17.2 Å². The van der Waals surface area contributed by atoms with E-state index in [0.29, 0.717) is 16.3 Å². The molecule has 0 aromatic heterocycles. The number of nitro benzene ring substituents is 1. The predicted octanol–water partition coefficient (Wildman–Crippen LogP) is 4.21. The van der Waals surface area contributed by atoms with Crippen LogP contribution in [0.3, 0.4) is 0 Å². The molecule has 166 valence electrons. The highest BCUT2D eigenvalue weighted by Gasteiger charge is 2.21. The number of methoxy groups -OCH3 is 1. The van der Waals surface area contributed by atoms with Gasteiger partial charge in [-0.25, -0.2) is 8.42 Å². The van der Waals surface area contributed by atoms with E-state index in [1.165, 1.54) is 49.7 Å². The Kier molecular flexibility index (Phi) is 6.81. The molecule has 3 aromatic rings. The molecular weight excluding hydrogens is 460 g/mol. The first-order valence-electron chi connectivity index (χ1n) is 8.92. The van der Waals surface area contributed by atoms with Gasteiger partial charge in [0.25, 0.3) is 15.7 Å². The second-order valence-corrected chi connectivity index (χ2v) is 8.47. The number of sulfonamides is 1. The molecule has 0 saturated heterocycles. The number of nitro groups is 1. The van der Waals surface area contributed by atoms with Gasteiger partial charge in [0.05, 0.1) is 28.8 Å². The lowest BCUT2D eigenvalue weighted by Gasteiger charge is -2.09. The number of hydrogen-bond acceptors (Lipinski definition) is 8. The number of nitrogens with zero attached hydrogens (tertiary/aromatic N) is 2. The fraction of sp³-hybridized carbons (Fsp3) is 0.0500. The molecule has 0 bridgehead atoms. The molecule has 3 aromatic carbocycles.